The van der Waals surface area contributed by atoms with Crippen LogP contribution in [0.1, 0.15) is 0 Å². The molecular weight excluding hydrogens is 412 g/mol. The third kappa shape index (κ3) is 3.84. The van der Waals surface area contributed by atoms with Crippen LogP contribution in [-0.2, 0) is 9.84 Å². The number of nitrogens with zero attached hydrogens (tertiary/aromatic N) is 5. The summed E-state index contributed by atoms with van der Waals surface area (Å²) in [6, 6.07) is 13.3. The quantitative estimate of drug-likeness (QED) is 0.528. The first-order chi connectivity index (χ1) is 15.0. The highest BCUT2D eigenvalue weighted by Crippen LogP contribution is 2.29. The van der Waals surface area contributed by atoms with Gasteiger partial charge in [0.2, 0.25) is 0 Å². The molecule has 1 aliphatic rings. The zero-order valence-corrected chi connectivity index (χ0v) is 17.9. The van der Waals surface area contributed by atoms with Crippen LogP contribution in [0.25, 0.3) is 22.0 Å². The highest BCUT2D eigenvalue weighted by atomic mass is 32.2. The first kappa shape index (κ1) is 19.5. The second kappa shape index (κ2) is 7.66. The maximum atomic E-state index is 11.9. The molecule has 1 N–H and O–H groups in total. The van der Waals surface area contributed by atoms with Gasteiger partial charge in [0, 0.05) is 55.3 Å². The summed E-state index contributed by atoms with van der Waals surface area (Å²) in [5.74, 6) is 0.917. The maximum absolute atomic E-state index is 11.9. The second-order valence-electron chi connectivity index (χ2n) is 7.66. The molecule has 9 heteroatoms. The average Bonchev–Trinajstić information content (AvgIpc) is 3.33. The molecule has 0 atom stereocenters. The van der Waals surface area contributed by atoms with Crippen molar-refractivity contribution in [3.8, 4) is 11.1 Å². The van der Waals surface area contributed by atoms with Gasteiger partial charge >= 0.3 is 0 Å². The predicted molar refractivity (Wildman–Crippen MR) is 121 cm³/mol. The van der Waals surface area contributed by atoms with Gasteiger partial charge in [-0.1, -0.05) is 12.1 Å². The molecule has 2 aromatic carbocycles. The summed E-state index contributed by atoms with van der Waals surface area (Å²) in [7, 11) is -3.23. The molecule has 1 aliphatic heterocycles. The number of rotatable bonds is 4. The normalized spacial score (nSPS) is 14.9. The van der Waals surface area contributed by atoms with E-state index < -0.39 is 9.84 Å². The number of aromatic nitrogens is 4. The van der Waals surface area contributed by atoms with Crippen LogP contribution in [0.2, 0.25) is 0 Å². The standard InChI is InChI=1S/C22H22N6O2S/c1-31(29,30)19-4-2-3-18(12-19)27-7-9-28(10-8-27)22-20-11-16(17-13-25-26-14-17)5-6-21(20)23-15-24-22/h2-6,11-15H,7-10H2,1H3,(H,25,26). The number of benzene rings is 2. The Labute approximate surface area is 180 Å². The van der Waals surface area contributed by atoms with Gasteiger partial charge in [-0.05, 0) is 35.9 Å². The van der Waals surface area contributed by atoms with Crippen LogP contribution >= 0.6 is 0 Å². The Bertz CT molecular complexity index is 1330. The van der Waals surface area contributed by atoms with E-state index in [0.717, 1.165) is 59.7 Å². The number of hydrogen-bond acceptors (Lipinski definition) is 7. The Morgan fingerprint density at radius 3 is 2.48 bits per heavy atom. The molecular formula is C22H22N6O2S. The summed E-state index contributed by atoms with van der Waals surface area (Å²) < 4.78 is 23.8. The zero-order valence-electron chi connectivity index (χ0n) is 17.1. The monoisotopic (exact) mass is 434 g/mol. The minimum atomic E-state index is -3.23. The molecule has 0 radical (unpaired) electrons. The summed E-state index contributed by atoms with van der Waals surface area (Å²) in [5, 5.41) is 7.90. The van der Waals surface area contributed by atoms with Crippen LogP contribution in [0.3, 0.4) is 0 Å². The van der Waals surface area contributed by atoms with E-state index in [4.69, 9.17) is 0 Å². The Balaban J connectivity index is 1.40. The van der Waals surface area contributed by atoms with Crippen molar-refractivity contribution in [1.82, 2.24) is 20.2 Å². The molecule has 0 saturated carbocycles. The van der Waals surface area contributed by atoms with E-state index in [0.29, 0.717) is 4.90 Å². The lowest BCUT2D eigenvalue weighted by Crippen LogP contribution is -2.47. The molecule has 0 aliphatic carbocycles. The molecule has 0 bridgehead atoms. The number of sulfone groups is 1. The molecule has 1 saturated heterocycles. The van der Waals surface area contributed by atoms with Crippen molar-refractivity contribution in [3.63, 3.8) is 0 Å². The van der Waals surface area contributed by atoms with Crippen LogP contribution in [-0.4, -0.2) is 61.0 Å². The minimum Gasteiger partial charge on any atom is -0.368 e. The molecule has 8 nitrogen and oxygen atoms in total. The number of aromatic amines is 1. The molecule has 3 heterocycles. The number of H-pyrrole nitrogens is 1. The Morgan fingerprint density at radius 1 is 0.935 bits per heavy atom. The van der Waals surface area contributed by atoms with Gasteiger partial charge in [-0.15, -0.1) is 0 Å². The molecule has 31 heavy (non-hydrogen) atoms. The van der Waals surface area contributed by atoms with Crippen molar-refractivity contribution < 1.29 is 8.42 Å². The topological polar surface area (TPSA) is 95.1 Å². The molecule has 4 aromatic rings. The van der Waals surface area contributed by atoms with Crippen molar-refractivity contribution in [2.75, 3.05) is 42.2 Å². The number of piperazine rings is 1. The summed E-state index contributed by atoms with van der Waals surface area (Å²) >= 11 is 0. The first-order valence-corrected chi connectivity index (χ1v) is 11.9. The summed E-state index contributed by atoms with van der Waals surface area (Å²) in [6.45, 7) is 3.12. The van der Waals surface area contributed by atoms with E-state index in [-0.39, 0.29) is 0 Å². The lowest BCUT2D eigenvalue weighted by Gasteiger charge is -2.37. The predicted octanol–water partition coefficient (Wildman–Crippen LogP) is 2.75. The fraction of sp³-hybridized carbons (Fsp3) is 0.227. The van der Waals surface area contributed by atoms with Crippen molar-refractivity contribution in [2.24, 2.45) is 0 Å². The van der Waals surface area contributed by atoms with Crippen LogP contribution < -0.4 is 9.80 Å². The average molecular weight is 435 g/mol. The zero-order chi connectivity index (χ0) is 21.4. The number of hydrogen-bond donors (Lipinski definition) is 1. The summed E-state index contributed by atoms with van der Waals surface area (Å²) in [4.78, 5) is 13.8. The van der Waals surface area contributed by atoms with Crippen molar-refractivity contribution >= 4 is 32.2 Å². The minimum absolute atomic E-state index is 0.348. The summed E-state index contributed by atoms with van der Waals surface area (Å²) in [5.41, 5.74) is 3.92. The fourth-order valence-electron chi connectivity index (χ4n) is 3.97. The van der Waals surface area contributed by atoms with E-state index in [9.17, 15) is 8.42 Å². The largest absolute Gasteiger partial charge is 0.368 e. The first-order valence-electron chi connectivity index (χ1n) is 10.0. The lowest BCUT2D eigenvalue weighted by molar-refractivity contribution is 0.601. The van der Waals surface area contributed by atoms with Crippen molar-refractivity contribution in [2.45, 2.75) is 4.90 Å². The van der Waals surface area contributed by atoms with Gasteiger partial charge in [-0.2, -0.15) is 5.10 Å². The van der Waals surface area contributed by atoms with Crippen molar-refractivity contribution in [3.05, 3.63) is 61.2 Å². The SMILES string of the molecule is CS(=O)(=O)c1cccc(N2CCN(c3ncnc4ccc(-c5cn[nH]c5)cc34)CC2)c1. The Kier molecular flexibility index (Phi) is 4.82. The molecule has 158 valence electrons. The van der Waals surface area contributed by atoms with Gasteiger partial charge in [0.1, 0.15) is 12.1 Å². The van der Waals surface area contributed by atoms with E-state index >= 15 is 0 Å². The van der Waals surface area contributed by atoms with Gasteiger partial charge in [0.05, 0.1) is 16.6 Å². The van der Waals surface area contributed by atoms with Crippen LogP contribution in [0, 0.1) is 0 Å². The van der Waals surface area contributed by atoms with Gasteiger partial charge in [0.25, 0.3) is 0 Å². The molecule has 2 aromatic heterocycles. The smallest absolute Gasteiger partial charge is 0.175 e. The van der Waals surface area contributed by atoms with E-state index in [2.05, 4.69) is 36.0 Å². The number of anilines is 2. The number of nitrogens with one attached hydrogen (secondary N) is 1. The Hall–Kier alpha value is -3.46. The van der Waals surface area contributed by atoms with E-state index in [1.165, 1.54) is 6.26 Å². The molecule has 0 amide bonds. The highest BCUT2D eigenvalue weighted by Gasteiger charge is 2.21. The molecule has 0 unspecified atom stereocenters. The fourth-order valence-corrected chi connectivity index (χ4v) is 4.63. The Morgan fingerprint density at radius 2 is 1.74 bits per heavy atom. The molecule has 0 spiro atoms. The van der Waals surface area contributed by atoms with E-state index in [1.807, 2.05) is 24.4 Å². The highest BCUT2D eigenvalue weighted by molar-refractivity contribution is 7.90. The lowest BCUT2D eigenvalue weighted by atomic mass is 10.1. The van der Waals surface area contributed by atoms with E-state index in [1.54, 1.807) is 30.7 Å². The number of fused-ring (bicyclic) bond motifs is 1. The van der Waals surface area contributed by atoms with Crippen molar-refractivity contribution in [1.29, 1.82) is 0 Å². The van der Waals surface area contributed by atoms with Gasteiger partial charge in [0.15, 0.2) is 9.84 Å². The molecule has 1 fully saturated rings. The van der Waals surface area contributed by atoms with Gasteiger partial charge < -0.3 is 9.80 Å². The van der Waals surface area contributed by atoms with Gasteiger partial charge in [-0.3, -0.25) is 5.10 Å². The van der Waals surface area contributed by atoms with Crippen LogP contribution in [0.4, 0.5) is 11.5 Å². The third-order valence-corrected chi connectivity index (χ3v) is 6.75. The second-order valence-corrected chi connectivity index (χ2v) is 9.68. The summed E-state index contributed by atoms with van der Waals surface area (Å²) in [6.07, 6.45) is 6.52. The van der Waals surface area contributed by atoms with Crippen LogP contribution in [0.5, 0.6) is 0 Å². The maximum Gasteiger partial charge on any atom is 0.175 e. The molecule has 5 rings (SSSR count). The van der Waals surface area contributed by atoms with Crippen LogP contribution in [0.15, 0.2) is 66.1 Å². The van der Waals surface area contributed by atoms with Gasteiger partial charge in [-0.25, -0.2) is 18.4 Å². The third-order valence-electron chi connectivity index (χ3n) is 5.64.